The highest BCUT2D eigenvalue weighted by molar-refractivity contribution is 4.96. The van der Waals surface area contributed by atoms with E-state index in [4.69, 9.17) is 14.2 Å². The fourth-order valence-corrected chi connectivity index (χ4v) is 2.16. The van der Waals surface area contributed by atoms with E-state index < -0.39 is 11.9 Å². The molecular weight excluding hydrogens is 220 g/mol. The van der Waals surface area contributed by atoms with Gasteiger partial charge < -0.3 is 19.3 Å². The number of hydrogen-bond donors (Lipinski definition) is 1. The van der Waals surface area contributed by atoms with Gasteiger partial charge in [-0.2, -0.15) is 0 Å². The molecule has 100 valence electrons. The maximum absolute atomic E-state index is 9.61. The van der Waals surface area contributed by atoms with Crippen LogP contribution < -0.4 is 0 Å². The van der Waals surface area contributed by atoms with E-state index in [1.807, 2.05) is 33.8 Å². The van der Waals surface area contributed by atoms with E-state index in [0.29, 0.717) is 13.0 Å². The highest BCUT2D eigenvalue weighted by atomic mass is 16.6. The van der Waals surface area contributed by atoms with Gasteiger partial charge in [0.15, 0.2) is 6.29 Å². The van der Waals surface area contributed by atoms with E-state index in [9.17, 15) is 5.11 Å². The summed E-state index contributed by atoms with van der Waals surface area (Å²) in [6.45, 7) is 8.44. The zero-order valence-electron chi connectivity index (χ0n) is 11.4. The van der Waals surface area contributed by atoms with E-state index in [-0.39, 0.29) is 12.2 Å². The molecule has 4 nitrogen and oxygen atoms in total. The van der Waals surface area contributed by atoms with Gasteiger partial charge in [0.25, 0.3) is 0 Å². The van der Waals surface area contributed by atoms with Gasteiger partial charge in [0, 0.05) is 13.5 Å². The molecule has 0 spiro atoms. The van der Waals surface area contributed by atoms with Gasteiger partial charge in [0.1, 0.15) is 6.10 Å². The SMILES string of the molecule is CO[C@]1(C)CC(O)O[C@@H](C)[C@@H]1OCC=C(C)C. The third-order valence-corrected chi connectivity index (χ3v) is 3.21. The maximum Gasteiger partial charge on any atom is 0.157 e. The number of hydrogen-bond acceptors (Lipinski definition) is 4. The van der Waals surface area contributed by atoms with Crippen LogP contribution in [-0.2, 0) is 14.2 Å². The van der Waals surface area contributed by atoms with Gasteiger partial charge in [-0.15, -0.1) is 0 Å². The maximum atomic E-state index is 9.61. The summed E-state index contributed by atoms with van der Waals surface area (Å²) < 4.78 is 16.7. The van der Waals surface area contributed by atoms with Crippen LogP contribution in [-0.4, -0.2) is 42.9 Å². The number of ether oxygens (including phenoxy) is 3. The Morgan fingerprint density at radius 1 is 1.53 bits per heavy atom. The first kappa shape index (κ1) is 14.6. The summed E-state index contributed by atoms with van der Waals surface area (Å²) >= 11 is 0. The molecule has 1 aliphatic rings. The number of aliphatic hydroxyl groups excluding tert-OH is 1. The van der Waals surface area contributed by atoms with E-state index >= 15 is 0 Å². The zero-order chi connectivity index (χ0) is 13.1. The minimum absolute atomic E-state index is 0.175. The van der Waals surface area contributed by atoms with Crippen LogP contribution in [0.15, 0.2) is 11.6 Å². The van der Waals surface area contributed by atoms with Crippen LogP contribution in [0.25, 0.3) is 0 Å². The number of rotatable bonds is 4. The number of allylic oxidation sites excluding steroid dienone is 1. The Hall–Kier alpha value is -0.420. The van der Waals surface area contributed by atoms with Crippen LogP contribution >= 0.6 is 0 Å². The first-order chi connectivity index (χ1) is 7.89. The molecule has 17 heavy (non-hydrogen) atoms. The third kappa shape index (κ3) is 3.78. The molecule has 1 unspecified atom stereocenters. The van der Waals surface area contributed by atoms with Gasteiger partial charge in [-0.1, -0.05) is 11.6 Å². The first-order valence-corrected chi connectivity index (χ1v) is 6.02. The molecule has 1 N–H and O–H groups in total. The lowest BCUT2D eigenvalue weighted by molar-refractivity contribution is -0.272. The highest BCUT2D eigenvalue weighted by Crippen LogP contribution is 2.33. The Morgan fingerprint density at radius 2 is 2.18 bits per heavy atom. The van der Waals surface area contributed by atoms with Gasteiger partial charge in [0.2, 0.25) is 0 Å². The van der Waals surface area contributed by atoms with Gasteiger partial charge in [-0.25, -0.2) is 0 Å². The monoisotopic (exact) mass is 244 g/mol. The molecule has 0 aromatic heterocycles. The summed E-state index contributed by atoms with van der Waals surface area (Å²) in [5, 5.41) is 9.61. The summed E-state index contributed by atoms with van der Waals surface area (Å²) in [7, 11) is 1.64. The van der Waals surface area contributed by atoms with Crippen molar-refractivity contribution in [3.8, 4) is 0 Å². The second-order valence-electron chi connectivity index (χ2n) is 5.05. The van der Waals surface area contributed by atoms with E-state index in [1.54, 1.807) is 7.11 Å². The number of aliphatic hydroxyl groups is 1. The molecule has 0 amide bonds. The predicted octanol–water partition coefficient (Wildman–Crippen LogP) is 1.87. The van der Waals surface area contributed by atoms with E-state index in [2.05, 4.69) is 0 Å². The van der Waals surface area contributed by atoms with E-state index in [0.717, 1.165) is 0 Å². The molecule has 1 saturated heterocycles. The van der Waals surface area contributed by atoms with Crippen molar-refractivity contribution >= 4 is 0 Å². The Morgan fingerprint density at radius 3 is 2.71 bits per heavy atom. The Balaban J connectivity index is 2.68. The lowest BCUT2D eigenvalue weighted by Gasteiger charge is -2.45. The second kappa shape index (κ2) is 5.96. The second-order valence-corrected chi connectivity index (χ2v) is 5.05. The third-order valence-electron chi connectivity index (χ3n) is 3.21. The van der Waals surface area contributed by atoms with E-state index in [1.165, 1.54) is 5.57 Å². The fourth-order valence-electron chi connectivity index (χ4n) is 2.16. The van der Waals surface area contributed by atoms with Crippen molar-refractivity contribution in [1.82, 2.24) is 0 Å². The van der Waals surface area contributed by atoms with Crippen molar-refractivity contribution in [3.63, 3.8) is 0 Å². The normalized spacial score (nSPS) is 37.9. The molecule has 0 radical (unpaired) electrons. The van der Waals surface area contributed by atoms with Gasteiger partial charge in [-0.05, 0) is 27.7 Å². The molecule has 0 aromatic rings. The van der Waals surface area contributed by atoms with Crippen LogP contribution in [0.2, 0.25) is 0 Å². The lowest BCUT2D eigenvalue weighted by Crippen LogP contribution is -2.56. The largest absolute Gasteiger partial charge is 0.376 e. The first-order valence-electron chi connectivity index (χ1n) is 6.02. The van der Waals surface area contributed by atoms with Gasteiger partial charge in [-0.3, -0.25) is 0 Å². The fraction of sp³-hybridized carbons (Fsp3) is 0.846. The molecule has 4 atom stereocenters. The Kier molecular flexibility index (Phi) is 5.13. The summed E-state index contributed by atoms with van der Waals surface area (Å²) in [6.07, 6.45) is 1.31. The Labute approximate surface area is 104 Å². The van der Waals surface area contributed by atoms with Crippen LogP contribution in [0.5, 0.6) is 0 Å². The molecule has 1 fully saturated rings. The smallest absolute Gasteiger partial charge is 0.157 e. The molecule has 1 rings (SSSR count). The topological polar surface area (TPSA) is 47.9 Å². The van der Waals surface area contributed by atoms with Crippen LogP contribution in [0, 0.1) is 0 Å². The lowest BCUT2D eigenvalue weighted by atomic mass is 9.88. The van der Waals surface area contributed by atoms with Crippen LogP contribution in [0.1, 0.15) is 34.1 Å². The van der Waals surface area contributed by atoms with Crippen molar-refractivity contribution < 1.29 is 19.3 Å². The number of methoxy groups -OCH3 is 1. The molecule has 0 aliphatic carbocycles. The van der Waals surface area contributed by atoms with Crippen molar-refractivity contribution in [3.05, 3.63) is 11.6 Å². The summed E-state index contributed by atoms with van der Waals surface area (Å²) in [5.41, 5.74) is 0.709. The minimum Gasteiger partial charge on any atom is -0.376 e. The van der Waals surface area contributed by atoms with Gasteiger partial charge >= 0.3 is 0 Å². The molecule has 4 heteroatoms. The molecule has 1 aliphatic heterocycles. The summed E-state index contributed by atoms with van der Waals surface area (Å²) in [5.74, 6) is 0. The molecular formula is C13H24O4. The summed E-state index contributed by atoms with van der Waals surface area (Å²) in [6, 6.07) is 0. The molecule has 0 saturated carbocycles. The van der Waals surface area contributed by atoms with Crippen molar-refractivity contribution in [1.29, 1.82) is 0 Å². The molecule has 0 bridgehead atoms. The molecule has 0 aromatic carbocycles. The zero-order valence-corrected chi connectivity index (χ0v) is 11.4. The average Bonchev–Trinajstić information content (AvgIpc) is 2.21. The van der Waals surface area contributed by atoms with Gasteiger partial charge in [0.05, 0.1) is 18.3 Å². The highest BCUT2D eigenvalue weighted by Gasteiger charge is 2.45. The Bertz CT molecular complexity index is 273. The minimum atomic E-state index is -0.779. The predicted molar refractivity (Wildman–Crippen MR) is 65.8 cm³/mol. The summed E-state index contributed by atoms with van der Waals surface area (Å²) in [4.78, 5) is 0. The molecule has 1 heterocycles. The van der Waals surface area contributed by atoms with Crippen molar-refractivity contribution in [2.24, 2.45) is 0 Å². The van der Waals surface area contributed by atoms with Crippen LogP contribution in [0.3, 0.4) is 0 Å². The quantitative estimate of drug-likeness (QED) is 0.767. The average molecular weight is 244 g/mol. The van der Waals surface area contributed by atoms with Crippen molar-refractivity contribution in [2.75, 3.05) is 13.7 Å². The van der Waals surface area contributed by atoms with Crippen molar-refractivity contribution in [2.45, 2.75) is 58.2 Å². The van der Waals surface area contributed by atoms with Crippen LogP contribution in [0.4, 0.5) is 0 Å². The standard InChI is InChI=1S/C13H24O4/c1-9(2)6-7-16-12-10(3)17-11(14)8-13(12,4)15-5/h6,10-12,14H,7-8H2,1-5H3/t10-,11?,12-,13+/m0/s1.